The fourth-order valence-electron chi connectivity index (χ4n) is 2.33. The number of nitrogens with zero attached hydrogens (tertiary/aromatic N) is 2. The van der Waals surface area contributed by atoms with Crippen molar-refractivity contribution in [2.24, 2.45) is 5.10 Å². The second kappa shape index (κ2) is 7.72. The number of phenolic OH excluding ortho intramolecular Hbond substituents is 1. The van der Waals surface area contributed by atoms with E-state index in [1.54, 1.807) is 19.1 Å². The molecular formula is C18H13BrClN3O3. The normalized spacial score (nSPS) is 11.0. The van der Waals surface area contributed by atoms with E-state index in [2.05, 4.69) is 31.6 Å². The highest BCUT2D eigenvalue weighted by Gasteiger charge is 2.21. The maximum Gasteiger partial charge on any atom is 0.277 e. The van der Waals surface area contributed by atoms with Gasteiger partial charge in [0.2, 0.25) is 0 Å². The van der Waals surface area contributed by atoms with Crippen molar-refractivity contribution in [1.29, 1.82) is 0 Å². The zero-order chi connectivity index (χ0) is 18.7. The molecule has 0 radical (unpaired) electrons. The molecule has 132 valence electrons. The lowest BCUT2D eigenvalue weighted by Crippen LogP contribution is -2.18. The molecule has 1 heterocycles. The Morgan fingerprint density at radius 3 is 2.81 bits per heavy atom. The van der Waals surface area contributed by atoms with Gasteiger partial charge in [-0.05, 0) is 19.1 Å². The number of carbonyl (C=O) groups is 1. The summed E-state index contributed by atoms with van der Waals surface area (Å²) < 4.78 is 5.84. The van der Waals surface area contributed by atoms with Gasteiger partial charge in [0.15, 0.2) is 0 Å². The van der Waals surface area contributed by atoms with Gasteiger partial charge in [0, 0.05) is 15.6 Å². The minimum atomic E-state index is -0.473. The number of carbonyl (C=O) groups excluding carboxylic acids is 1. The topological polar surface area (TPSA) is 87.7 Å². The number of aromatic nitrogens is 1. The SMILES string of the molecule is Cc1onc(-c2ccccc2)c1C(=O)N/N=C\c1cc(Br)cc(Cl)c1O. The molecule has 0 saturated carbocycles. The smallest absolute Gasteiger partial charge is 0.277 e. The van der Waals surface area contributed by atoms with Gasteiger partial charge >= 0.3 is 0 Å². The van der Waals surface area contributed by atoms with Crippen LogP contribution in [0.5, 0.6) is 5.75 Å². The first-order valence-corrected chi connectivity index (χ1v) is 8.67. The Kier molecular flexibility index (Phi) is 5.39. The lowest BCUT2D eigenvalue weighted by Gasteiger charge is -2.03. The van der Waals surface area contributed by atoms with Gasteiger partial charge < -0.3 is 9.63 Å². The number of aryl methyl sites for hydroxylation is 1. The number of hydrogen-bond donors (Lipinski definition) is 2. The van der Waals surface area contributed by atoms with E-state index in [0.29, 0.717) is 27.1 Å². The number of nitrogens with one attached hydrogen (secondary N) is 1. The fourth-order valence-corrected chi connectivity index (χ4v) is 3.17. The Balaban J connectivity index is 1.83. The summed E-state index contributed by atoms with van der Waals surface area (Å²) in [5.74, 6) is -0.219. The quantitative estimate of drug-likeness (QED) is 0.466. The van der Waals surface area contributed by atoms with Crippen LogP contribution in [0.15, 0.2) is 56.6 Å². The van der Waals surface area contributed by atoms with E-state index in [1.165, 1.54) is 6.21 Å². The summed E-state index contributed by atoms with van der Waals surface area (Å²) in [6.07, 6.45) is 1.30. The van der Waals surface area contributed by atoms with E-state index in [0.717, 1.165) is 5.56 Å². The van der Waals surface area contributed by atoms with Crippen molar-refractivity contribution in [3.63, 3.8) is 0 Å². The van der Waals surface area contributed by atoms with Crippen molar-refractivity contribution in [3.05, 3.63) is 68.8 Å². The van der Waals surface area contributed by atoms with Crippen molar-refractivity contribution >= 4 is 39.7 Å². The predicted molar refractivity (Wildman–Crippen MR) is 103 cm³/mol. The number of benzene rings is 2. The molecule has 0 aliphatic rings. The first-order chi connectivity index (χ1) is 12.5. The maximum atomic E-state index is 12.5. The molecule has 26 heavy (non-hydrogen) atoms. The molecule has 0 fully saturated rings. The van der Waals surface area contributed by atoms with E-state index in [9.17, 15) is 9.90 Å². The summed E-state index contributed by atoms with van der Waals surface area (Å²) >= 11 is 9.18. The molecule has 1 amide bonds. The number of aromatic hydroxyl groups is 1. The summed E-state index contributed by atoms with van der Waals surface area (Å²) in [6.45, 7) is 1.65. The second-order valence-electron chi connectivity index (χ2n) is 5.35. The third-order valence-corrected chi connectivity index (χ3v) is 4.31. The molecule has 2 aromatic carbocycles. The van der Waals surface area contributed by atoms with Crippen molar-refractivity contribution in [2.75, 3.05) is 0 Å². The minimum Gasteiger partial charge on any atom is -0.506 e. The summed E-state index contributed by atoms with van der Waals surface area (Å²) in [4.78, 5) is 12.5. The predicted octanol–water partition coefficient (Wildman–Crippen LogP) is 4.54. The largest absolute Gasteiger partial charge is 0.506 e. The molecule has 0 saturated heterocycles. The minimum absolute atomic E-state index is 0.126. The molecule has 0 spiro atoms. The van der Waals surface area contributed by atoms with Crippen LogP contribution in [0, 0.1) is 6.92 Å². The highest BCUT2D eigenvalue weighted by molar-refractivity contribution is 9.10. The van der Waals surface area contributed by atoms with Crippen molar-refractivity contribution in [2.45, 2.75) is 6.92 Å². The van der Waals surface area contributed by atoms with Crippen LogP contribution in [0.4, 0.5) is 0 Å². The van der Waals surface area contributed by atoms with Crippen LogP contribution in [-0.4, -0.2) is 22.4 Å². The molecule has 2 N–H and O–H groups in total. The number of hydrogen-bond acceptors (Lipinski definition) is 5. The molecule has 0 bridgehead atoms. The highest BCUT2D eigenvalue weighted by atomic mass is 79.9. The van der Waals surface area contributed by atoms with Gasteiger partial charge in [-0.3, -0.25) is 4.79 Å². The molecule has 0 atom stereocenters. The van der Waals surface area contributed by atoms with E-state index in [-0.39, 0.29) is 10.8 Å². The third kappa shape index (κ3) is 3.79. The first-order valence-electron chi connectivity index (χ1n) is 7.50. The van der Waals surface area contributed by atoms with Crippen LogP contribution in [0.3, 0.4) is 0 Å². The van der Waals surface area contributed by atoms with Gasteiger partial charge in [-0.15, -0.1) is 0 Å². The Labute approximate surface area is 162 Å². The van der Waals surface area contributed by atoms with Gasteiger partial charge in [0.05, 0.1) is 11.2 Å². The monoisotopic (exact) mass is 433 g/mol. The molecule has 0 aliphatic carbocycles. The Bertz CT molecular complexity index is 987. The van der Waals surface area contributed by atoms with Crippen LogP contribution in [0.1, 0.15) is 21.7 Å². The average molecular weight is 435 g/mol. The average Bonchev–Trinajstić information content (AvgIpc) is 3.01. The number of rotatable bonds is 4. The lowest BCUT2D eigenvalue weighted by molar-refractivity contribution is 0.0954. The zero-order valence-corrected chi connectivity index (χ0v) is 15.9. The molecule has 0 aliphatic heterocycles. The van der Waals surface area contributed by atoms with Gasteiger partial charge in [0.1, 0.15) is 22.8 Å². The fraction of sp³-hybridized carbons (Fsp3) is 0.0556. The Morgan fingerprint density at radius 1 is 1.35 bits per heavy atom. The zero-order valence-electron chi connectivity index (χ0n) is 13.5. The molecule has 0 unspecified atom stereocenters. The Hall–Kier alpha value is -2.64. The van der Waals surface area contributed by atoms with E-state index < -0.39 is 5.91 Å². The number of phenols is 1. The third-order valence-electron chi connectivity index (χ3n) is 3.56. The van der Waals surface area contributed by atoms with Crippen LogP contribution < -0.4 is 5.43 Å². The number of hydrazone groups is 1. The number of halogens is 2. The lowest BCUT2D eigenvalue weighted by atomic mass is 10.1. The van der Waals surface area contributed by atoms with Crippen LogP contribution in [0.2, 0.25) is 5.02 Å². The standard InChI is InChI=1S/C18H13BrClN3O3/c1-10-15(16(23-26-10)11-5-3-2-4-6-11)18(25)22-21-9-12-7-13(19)8-14(20)17(12)24/h2-9,24H,1H3,(H,22,25)/b21-9-. The summed E-state index contributed by atoms with van der Waals surface area (Å²) in [6, 6.07) is 12.4. The van der Waals surface area contributed by atoms with E-state index in [4.69, 9.17) is 16.1 Å². The molecule has 3 rings (SSSR count). The van der Waals surface area contributed by atoms with Crippen molar-refractivity contribution < 1.29 is 14.4 Å². The van der Waals surface area contributed by atoms with Crippen LogP contribution in [0.25, 0.3) is 11.3 Å². The van der Waals surface area contributed by atoms with E-state index in [1.807, 2.05) is 30.3 Å². The van der Waals surface area contributed by atoms with Gasteiger partial charge in [0.25, 0.3) is 5.91 Å². The molecule has 8 heteroatoms. The highest BCUT2D eigenvalue weighted by Crippen LogP contribution is 2.30. The molecular weight excluding hydrogens is 422 g/mol. The molecule has 1 aromatic heterocycles. The second-order valence-corrected chi connectivity index (χ2v) is 6.68. The maximum absolute atomic E-state index is 12.5. The van der Waals surface area contributed by atoms with Crippen molar-refractivity contribution in [3.8, 4) is 17.0 Å². The first kappa shape index (κ1) is 18.2. The number of amides is 1. The van der Waals surface area contributed by atoms with Crippen LogP contribution in [-0.2, 0) is 0 Å². The van der Waals surface area contributed by atoms with Gasteiger partial charge in [-0.2, -0.15) is 5.10 Å². The van der Waals surface area contributed by atoms with Crippen molar-refractivity contribution in [1.82, 2.24) is 10.6 Å². The summed E-state index contributed by atoms with van der Waals surface area (Å²) in [7, 11) is 0. The van der Waals surface area contributed by atoms with Gasteiger partial charge in [-0.1, -0.05) is 63.0 Å². The van der Waals surface area contributed by atoms with E-state index >= 15 is 0 Å². The molecule has 6 nitrogen and oxygen atoms in total. The van der Waals surface area contributed by atoms with Gasteiger partial charge in [-0.25, -0.2) is 5.43 Å². The molecule has 3 aromatic rings. The summed E-state index contributed by atoms with van der Waals surface area (Å²) in [5, 5.41) is 17.9. The summed E-state index contributed by atoms with van der Waals surface area (Å²) in [5.41, 5.74) is 4.26. The van der Waals surface area contributed by atoms with Crippen LogP contribution >= 0.6 is 27.5 Å². The Morgan fingerprint density at radius 2 is 2.08 bits per heavy atom.